The van der Waals surface area contributed by atoms with Crippen molar-refractivity contribution in [1.29, 1.82) is 0 Å². The van der Waals surface area contributed by atoms with E-state index in [1.54, 1.807) is 6.21 Å². The SMILES string of the molecule is CC(C)CNC(=S)N/N=C\C=C\c1ccc(N(C)C)cc1. The first-order valence-corrected chi connectivity index (χ1v) is 7.41. The topological polar surface area (TPSA) is 39.7 Å². The molecular weight excluding hydrogens is 280 g/mol. The van der Waals surface area contributed by atoms with Gasteiger partial charge in [-0.2, -0.15) is 5.10 Å². The van der Waals surface area contributed by atoms with E-state index in [-0.39, 0.29) is 0 Å². The molecule has 1 aromatic carbocycles. The monoisotopic (exact) mass is 304 g/mol. The molecule has 0 bridgehead atoms. The molecule has 0 aliphatic carbocycles. The van der Waals surface area contributed by atoms with Gasteiger partial charge in [-0.25, -0.2) is 0 Å². The summed E-state index contributed by atoms with van der Waals surface area (Å²) in [6.45, 7) is 5.10. The van der Waals surface area contributed by atoms with Crippen LogP contribution in [-0.4, -0.2) is 32.0 Å². The normalized spacial score (nSPS) is 11.3. The minimum atomic E-state index is 0.545. The first-order chi connectivity index (χ1) is 9.99. The van der Waals surface area contributed by atoms with E-state index < -0.39 is 0 Å². The molecule has 1 aromatic rings. The van der Waals surface area contributed by atoms with Crippen LogP contribution >= 0.6 is 12.2 Å². The summed E-state index contributed by atoms with van der Waals surface area (Å²) in [4.78, 5) is 2.07. The van der Waals surface area contributed by atoms with E-state index >= 15 is 0 Å². The fourth-order valence-electron chi connectivity index (χ4n) is 1.51. The average Bonchev–Trinajstić information content (AvgIpc) is 2.45. The van der Waals surface area contributed by atoms with Crippen LogP contribution in [0.4, 0.5) is 5.69 Å². The second-order valence-electron chi connectivity index (χ2n) is 5.34. The number of hydrogen-bond acceptors (Lipinski definition) is 3. The molecule has 0 aliphatic rings. The molecule has 0 fully saturated rings. The van der Waals surface area contributed by atoms with Crippen molar-refractivity contribution in [3.05, 3.63) is 35.9 Å². The van der Waals surface area contributed by atoms with Crippen molar-refractivity contribution in [2.45, 2.75) is 13.8 Å². The second-order valence-corrected chi connectivity index (χ2v) is 5.75. The molecule has 0 heterocycles. The number of thiocarbonyl (C=S) groups is 1. The van der Waals surface area contributed by atoms with Crippen molar-refractivity contribution in [2.75, 3.05) is 25.5 Å². The summed E-state index contributed by atoms with van der Waals surface area (Å²) in [7, 11) is 4.05. The van der Waals surface area contributed by atoms with Crippen molar-refractivity contribution < 1.29 is 0 Å². The minimum Gasteiger partial charge on any atom is -0.378 e. The molecule has 4 nitrogen and oxygen atoms in total. The minimum absolute atomic E-state index is 0.545. The van der Waals surface area contributed by atoms with Crippen molar-refractivity contribution in [3.63, 3.8) is 0 Å². The van der Waals surface area contributed by atoms with Crippen LogP contribution in [0, 0.1) is 5.92 Å². The van der Waals surface area contributed by atoms with Crippen LogP contribution in [0.15, 0.2) is 35.4 Å². The maximum Gasteiger partial charge on any atom is 0.186 e. The number of nitrogens with zero attached hydrogens (tertiary/aromatic N) is 2. The molecule has 5 heteroatoms. The molecular formula is C16H24N4S. The van der Waals surface area contributed by atoms with E-state index in [0.717, 1.165) is 12.1 Å². The van der Waals surface area contributed by atoms with Crippen molar-refractivity contribution in [3.8, 4) is 0 Å². The molecule has 0 atom stereocenters. The van der Waals surface area contributed by atoms with Gasteiger partial charge in [-0.3, -0.25) is 5.43 Å². The van der Waals surface area contributed by atoms with E-state index in [2.05, 4.69) is 58.9 Å². The fraction of sp³-hybridized carbons (Fsp3) is 0.375. The quantitative estimate of drug-likeness (QED) is 0.482. The van der Waals surface area contributed by atoms with Gasteiger partial charge in [0.1, 0.15) is 0 Å². The first-order valence-electron chi connectivity index (χ1n) is 7.00. The van der Waals surface area contributed by atoms with Gasteiger partial charge in [0, 0.05) is 32.5 Å². The van der Waals surface area contributed by atoms with Crippen LogP contribution in [-0.2, 0) is 0 Å². The lowest BCUT2D eigenvalue weighted by molar-refractivity contribution is 0.621. The third-order valence-corrected chi connectivity index (χ3v) is 2.93. The van der Waals surface area contributed by atoms with Gasteiger partial charge < -0.3 is 10.2 Å². The van der Waals surface area contributed by atoms with E-state index in [1.165, 1.54) is 5.69 Å². The van der Waals surface area contributed by atoms with Crippen LogP contribution in [0.1, 0.15) is 19.4 Å². The van der Waals surface area contributed by atoms with Gasteiger partial charge in [0.2, 0.25) is 0 Å². The van der Waals surface area contributed by atoms with E-state index in [1.807, 2.05) is 26.2 Å². The lowest BCUT2D eigenvalue weighted by Gasteiger charge is -2.11. The maximum atomic E-state index is 5.09. The number of anilines is 1. The van der Waals surface area contributed by atoms with E-state index in [9.17, 15) is 0 Å². The van der Waals surface area contributed by atoms with Gasteiger partial charge in [-0.05, 0) is 41.9 Å². The highest BCUT2D eigenvalue weighted by Crippen LogP contribution is 2.12. The number of benzene rings is 1. The predicted molar refractivity (Wildman–Crippen MR) is 96.9 cm³/mol. The van der Waals surface area contributed by atoms with Crippen LogP contribution < -0.4 is 15.6 Å². The Hall–Kier alpha value is -1.88. The highest BCUT2D eigenvalue weighted by atomic mass is 32.1. The number of hydrazone groups is 1. The van der Waals surface area contributed by atoms with Gasteiger partial charge in [-0.15, -0.1) is 0 Å². The zero-order valence-electron chi connectivity index (χ0n) is 13.1. The molecule has 0 radical (unpaired) electrons. The number of rotatable bonds is 6. The van der Waals surface area contributed by atoms with Gasteiger partial charge in [-0.1, -0.05) is 32.1 Å². The predicted octanol–water partition coefficient (Wildman–Crippen LogP) is 2.87. The van der Waals surface area contributed by atoms with Crippen LogP contribution in [0.5, 0.6) is 0 Å². The second kappa shape index (κ2) is 9.13. The Morgan fingerprint density at radius 3 is 2.52 bits per heavy atom. The first kappa shape index (κ1) is 17.2. The lowest BCUT2D eigenvalue weighted by atomic mass is 10.2. The molecule has 0 amide bonds. The van der Waals surface area contributed by atoms with Gasteiger partial charge in [0.15, 0.2) is 5.11 Å². The number of nitrogens with one attached hydrogen (secondary N) is 2. The molecule has 21 heavy (non-hydrogen) atoms. The number of allylic oxidation sites excluding steroid dienone is 1. The number of hydrogen-bond donors (Lipinski definition) is 2. The molecule has 0 aromatic heterocycles. The smallest absolute Gasteiger partial charge is 0.186 e. The zero-order valence-corrected chi connectivity index (χ0v) is 13.9. The summed E-state index contributed by atoms with van der Waals surface area (Å²) in [5, 5.41) is 7.67. The van der Waals surface area contributed by atoms with Gasteiger partial charge in [0.05, 0.1) is 0 Å². The highest BCUT2D eigenvalue weighted by Gasteiger charge is 1.95. The van der Waals surface area contributed by atoms with Crippen LogP contribution in [0.25, 0.3) is 6.08 Å². The summed E-state index contributed by atoms with van der Waals surface area (Å²) in [6, 6.07) is 8.31. The van der Waals surface area contributed by atoms with Crippen molar-refractivity contribution in [2.24, 2.45) is 11.0 Å². The molecule has 1 rings (SSSR count). The fourth-order valence-corrected chi connectivity index (χ4v) is 1.65. The molecule has 0 spiro atoms. The Bertz CT molecular complexity index is 490. The maximum absolute atomic E-state index is 5.09. The van der Waals surface area contributed by atoms with Crippen LogP contribution in [0.2, 0.25) is 0 Å². The summed E-state index contributed by atoms with van der Waals surface area (Å²) in [6.07, 6.45) is 5.56. The molecule has 0 saturated carbocycles. The third kappa shape index (κ3) is 7.46. The van der Waals surface area contributed by atoms with Crippen molar-refractivity contribution in [1.82, 2.24) is 10.7 Å². The molecule has 114 valence electrons. The molecule has 0 saturated heterocycles. The Balaban J connectivity index is 2.36. The Labute approximate surface area is 132 Å². The molecule has 2 N–H and O–H groups in total. The lowest BCUT2D eigenvalue weighted by Crippen LogP contribution is -2.34. The standard InChI is InChI=1S/C16H24N4S/c1-13(2)12-17-16(21)19-18-11-5-6-14-7-9-15(10-8-14)20(3)4/h5-11,13H,12H2,1-4H3,(H2,17,19,21)/b6-5+,18-11-. The van der Waals surface area contributed by atoms with E-state index in [4.69, 9.17) is 12.2 Å². The largest absolute Gasteiger partial charge is 0.378 e. The summed E-state index contributed by atoms with van der Waals surface area (Å²) in [5.41, 5.74) is 5.10. The Kier molecular flexibility index (Phi) is 7.46. The van der Waals surface area contributed by atoms with Crippen LogP contribution in [0.3, 0.4) is 0 Å². The van der Waals surface area contributed by atoms with Crippen molar-refractivity contribution >= 4 is 35.3 Å². The van der Waals surface area contributed by atoms with E-state index in [0.29, 0.717) is 11.0 Å². The summed E-state index contributed by atoms with van der Waals surface area (Å²) < 4.78 is 0. The Morgan fingerprint density at radius 1 is 1.29 bits per heavy atom. The van der Waals surface area contributed by atoms with Gasteiger partial charge >= 0.3 is 0 Å². The summed E-state index contributed by atoms with van der Waals surface area (Å²) >= 11 is 5.09. The molecule has 0 aliphatic heterocycles. The highest BCUT2D eigenvalue weighted by molar-refractivity contribution is 7.80. The average molecular weight is 304 g/mol. The van der Waals surface area contributed by atoms with Gasteiger partial charge in [0.25, 0.3) is 0 Å². The molecule has 0 unspecified atom stereocenters. The third-order valence-electron chi connectivity index (χ3n) is 2.70. The Morgan fingerprint density at radius 2 is 1.95 bits per heavy atom. The summed E-state index contributed by atoms with van der Waals surface area (Å²) in [5.74, 6) is 0.554. The zero-order chi connectivity index (χ0) is 15.7.